The number of halogens is 1. The molecule has 0 spiro atoms. The third-order valence-corrected chi connectivity index (χ3v) is 4.47. The van der Waals surface area contributed by atoms with E-state index < -0.39 is 0 Å². The van der Waals surface area contributed by atoms with Crippen LogP contribution in [0.2, 0.25) is 0 Å². The number of methoxy groups -OCH3 is 1. The maximum absolute atomic E-state index is 5.32. The molecule has 0 amide bonds. The normalized spacial score (nSPS) is 12.4. The Labute approximate surface area is 126 Å². The van der Waals surface area contributed by atoms with Crippen molar-refractivity contribution in [1.82, 2.24) is 5.32 Å². The summed E-state index contributed by atoms with van der Waals surface area (Å²) >= 11 is 5.25. The average molecular weight is 340 g/mol. The van der Waals surface area contributed by atoms with Crippen LogP contribution in [-0.2, 0) is 0 Å². The molecule has 1 aromatic carbocycles. The summed E-state index contributed by atoms with van der Waals surface area (Å²) in [5, 5.41) is 5.79. The summed E-state index contributed by atoms with van der Waals surface area (Å²) in [5.41, 5.74) is 2.52. The lowest BCUT2D eigenvalue weighted by Gasteiger charge is -2.18. The van der Waals surface area contributed by atoms with Gasteiger partial charge in [-0.05, 0) is 63.6 Å². The third kappa shape index (κ3) is 3.81. The van der Waals surface area contributed by atoms with Crippen molar-refractivity contribution in [3.63, 3.8) is 0 Å². The maximum Gasteiger partial charge on any atom is 0.119 e. The molecule has 1 atom stereocenters. The van der Waals surface area contributed by atoms with Gasteiger partial charge in [0.05, 0.1) is 16.9 Å². The van der Waals surface area contributed by atoms with Crippen molar-refractivity contribution in [3.05, 3.63) is 50.6 Å². The van der Waals surface area contributed by atoms with Gasteiger partial charge >= 0.3 is 0 Å². The number of hydrogen-bond acceptors (Lipinski definition) is 3. The number of ether oxygens (including phenoxy) is 1. The van der Waals surface area contributed by atoms with E-state index in [4.69, 9.17) is 4.74 Å². The predicted octanol–water partition coefficient (Wildman–Crippen LogP) is 4.61. The Bertz CT molecular complexity index is 526. The first kappa shape index (κ1) is 14.6. The van der Waals surface area contributed by atoms with E-state index in [1.807, 2.05) is 12.1 Å². The highest BCUT2D eigenvalue weighted by Crippen LogP contribution is 2.30. The predicted molar refractivity (Wildman–Crippen MR) is 85.1 cm³/mol. The van der Waals surface area contributed by atoms with Crippen LogP contribution in [0, 0.1) is 0 Å². The largest absolute Gasteiger partial charge is 0.497 e. The number of hydrogen-bond donors (Lipinski definition) is 1. The number of thiophene rings is 1. The molecular weight excluding hydrogens is 322 g/mol. The van der Waals surface area contributed by atoms with Gasteiger partial charge in [-0.1, -0.05) is 19.1 Å². The third-order valence-electron chi connectivity index (χ3n) is 2.95. The SMILES string of the molecule is CCCNC(c1cccc(OC)c1)c1csc(Br)c1. The van der Waals surface area contributed by atoms with Gasteiger partial charge in [-0.3, -0.25) is 0 Å². The molecule has 2 nitrogen and oxygen atoms in total. The van der Waals surface area contributed by atoms with Gasteiger partial charge in [0.25, 0.3) is 0 Å². The van der Waals surface area contributed by atoms with E-state index in [0.29, 0.717) is 0 Å². The summed E-state index contributed by atoms with van der Waals surface area (Å²) in [6.45, 7) is 3.18. The summed E-state index contributed by atoms with van der Waals surface area (Å²) in [6.07, 6.45) is 1.12. The molecule has 0 aliphatic heterocycles. The fraction of sp³-hybridized carbons (Fsp3) is 0.333. The minimum atomic E-state index is 0.220. The Morgan fingerprint density at radius 1 is 1.32 bits per heavy atom. The standard InChI is InChI=1S/C15H18BrNOS/c1-3-7-17-15(12-9-14(16)19-10-12)11-5-4-6-13(8-11)18-2/h4-6,8-10,15,17H,3,7H2,1-2H3. The van der Waals surface area contributed by atoms with Crippen LogP contribution >= 0.6 is 27.3 Å². The minimum Gasteiger partial charge on any atom is -0.497 e. The van der Waals surface area contributed by atoms with Crippen molar-refractivity contribution < 1.29 is 4.74 Å². The highest BCUT2D eigenvalue weighted by Gasteiger charge is 2.15. The second-order valence-corrected chi connectivity index (χ2v) is 6.64. The van der Waals surface area contributed by atoms with Gasteiger partial charge in [0.2, 0.25) is 0 Å². The van der Waals surface area contributed by atoms with Crippen LogP contribution in [0.3, 0.4) is 0 Å². The Morgan fingerprint density at radius 2 is 2.16 bits per heavy atom. The highest BCUT2D eigenvalue weighted by molar-refractivity contribution is 9.11. The molecular formula is C15H18BrNOS. The van der Waals surface area contributed by atoms with Crippen molar-refractivity contribution in [2.24, 2.45) is 0 Å². The van der Waals surface area contributed by atoms with E-state index in [0.717, 1.165) is 22.5 Å². The first-order valence-electron chi connectivity index (χ1n) is 6.36. The first-order chi connectivity index (χ1) is 9.24. The lowest BCUT2D eigenvalue weighted by Crippen LogP contribution is -2.22. The van der Waals surface area contributed by atoms with Gasteiger partial charge in [-0.2, -0.15) is 0 Å². The van der Waals surface area contributed by atoms with Crippen molar-refractivity contribution in [1.29, 1.82) is 0 Å². The summed E-state index contributed by atoms with van der Waals surface area (Å²) in [7, 11) is 1.70. The zero-order valence-corrected chi connectivity index (χ0v) is 13.6. The Hall–Kier alpha value is -0.840. The lowest BCUT2D eigenvalue weighted by molar-refractivity contribution is 0.413. The summed E-state index contributed by atoms with van der Waals surface area (Å²) in [6, 6.07) is 10.6. The van der Waals surface area contributed by atoms with Gasteiger partial charge in [0.15, 0.2) is 0 Å². The van der Waals surface area contributed by atoms with E-state index in [-0.39, 0.29) is 6.04 Å². The van der Waals surface area contributed by atoms with Gasteiger partial charge in [0.1, 0.15) is 5.75 Å². The van der Waals surface area contributed by atoms with Crippen LogP contribution in [0.15, 0.2) is 39.5 Å². The van der Waals surface area contributed by atoms with Crippen molar-refractivity contribution in [2.75, 3.05) is 13.7 Å². The summed E-state index contributed by atoms with van der Waals surface area (Å²) in [4.78, 5) is 0. The van der Waals surface area contributed by atoms with E-state index in [2.05, 4.69) is 51.7 Å². The van der Waals surface area contributed by atoms with Crippen molar-refractivity contribution in [3.8, 4) is 5.75 Å². The van der Waals surface area contributed by atoms with Crippen molar-refractivity contribution in [2.45, 2.75) is 19.4 Å². The Kier molecular flexibility index (Phi) is 5.43. The zero-order valence-electron chi connectivity index (χ0n) is 11.2. The van der Waals surface area contributed by atoms with Crippen LogP contribution < -0.4 is 10.1 Å². The monoisotopic (exact) mass is 339 g/mol. The minimum absolute atomic E-state index is 0.220. The molecule has 2 aromatic rings. The molecule has 0 saturated heterocycles. The number of rotatable bonds is 6. The first-order valence-corrected chi connectivity index (χ1v) is 8.03. The zero-order chi connectivity index (χ0) is 13.7. The van der Waals surface area contributed by atoms with Gasteiger partial charge in [-0.15, -0.1) is 11.3 Å². The maximum atomic E-state index is 5.32. The molecule has 0 saturated carbocycles. The molecule has 1 N–H and O–H groups in total. The Balaban J connectivity index is 2.30. The molecule has 0 fully saturated rings. The fourth-order valence-electron chi connectivity index (χ4n) is 2.01. The molecule has 1 unspecified atom stereocenters. The molecule has 1 heterocycles. The fourth-order valence-corrected chi connectivity index (χ4v) is 3.21. The van der Waals surface area contributed by atoms with Crippen LogP contribution in [0.5, 0.6) is 5.75 Å². The second-order valence-electron chi connectivity index (χ2n) is 4.35. The van der Waals surface area contributed by atoms with Crippen LogP contribution in [0.4, 0.5) is 0 Å². The van der Waals surface area contributed by atoms with Crippen LogP contribution in [-0.4, -0.2) is 13.7 Å². The van der Waals surface area contributed by atoms with Gasteiger partial charge in [-0.25, -0.2) is 0 Å². The average Bonchev–Trinajstić information content (AvgIpc) is 2.86. The van der Waals surface area contributed by atoms with E-state index in [9.17, 15) is 0 Å². The molecule has 0 radical (unpaired) electrons. The molecule has 102 valence electrons. The van der Waals surface area contributed by atoms with E-state index in [1.165, 1.54) is 11.1 Å². The highest BCUT2D eigenvalue weighted by atomic mass is 79.9. The van der Waals surface area contributed by atoms with Crippen LogP contribution in [0.25, 0.3) is 0 Å². The second kappa shape index (κ2) is 7.08. The van der Waals surface area contributed by atoms with E-state index >= 15 is 0 Å². The number of benzene rings is 1. The van der Waals surface area contributed by atoms with E-state index in [1.54, 1.807) is 18.4 Å². The molecule has 19 heavy (non-hydrogen) atoms. The number of nitrogens with one attached hydrogen (secondary N) is 1. The summed E-state index contributed by atoms with van der Waals surface area (Å²) in [5.74, 6) is 0.898. The summed E-state index contributed by atoms with van der Waals surface area (Å²) < 4.78 is 6.48. The smallest absolute Gasteiger partial charge is 0.119 e. The lowest BCUT2D eigenvalue weighted by atomic mass is 10.0. The topological polar surface area (TPSA) is 21.3 Å². The molecule has 0 aliphatic carbocycles. The molecule has 1 aromatic heterocycles. The quantitative estimate of drug-likeness (QED) is 0.829. The van der Waals surface area contributed by atoms with Gasteiger partial charge in [0, 0.05) is 0 Å². The molecule has 0 aliphatic rings. The molecule has 0 bridgehead atoms. The van der Waals surface area contributed by atoms with Gasteiger partial charge < -0.3 is 10.1 Å². The Morgan fingerprint density at radius 3 is 2.79 bits per heavy atom. The molecule has 2 rings (SSSR count). The molecule has 4 heteroatoms. The van der Waals surface area contributed by atoms with Crippen LogP contribution in [0.1, 0.15) is 30.5 Å². The van der Waals surface area contributed by atoms with Crippen molar-refractivity contribution >= 4 is 27.3 Å².